The molecule has 3 heterocycles. The monoisotopic (exact) mass is 415 g/mol. The number of para-hydroxylation sites is 1. The van der Waals surface area contributed by atoms with Gasteiger partial charge in [0.05, 0.1) is 17.6 Å². The van der Waals surface area contributed by atoms with Crippen molar-refractivity contribution < 1.29 is 14.4 Å². The van der Waals surface area contributed by atoms with Crippen LogP contribution in [0.2, 0.25) is 0 Å². The minimum atomic E-state index is -0.961. The molecule has 0 spiro atoms. The molecule has 0 bridgehead atoms. The molecule has 5 rings (SSSR count). The van der Waals surface area contributed by atoms with Crippen LogP contribution in [0.3, 0.4) is 0 Å². The minimum Gasteiger partial charge on any atom is -0.478 e. The molecule has 156 valence electrons. The van der Waals surface area contributed by atoms with Crippen molar-refractivity contribution >= 4 is 22.6 Å². The summed E-state index contributed by atoms with van der Waals surface area (Å²) in [5.41, 5.74) is 3.16. The second-order valence-electron chi connectivity index (χ2n) is 7.51. The molecule has 0 amide bonds. The zero-order valence-corrected chi connectivity index (χ0v) is 16.8. The van der Waals surface area contributed by atoms with Crippen LogP contribution < -0.4 is 4.90 Å². The Hall–Kier alpha value is -3.78. The predicted octanol–water partition coefficient (Wildman–Crippen LogP) is 3.31. The molecule has 31 heavy (non-hydrogen) atoms. The number of fused-ring (bicyclic) bond motifs is 1. The summed E-state index contributed by atoms with van der Waals surface area (Å²) in [6.07, 6.45) is 1.87. The predicted molar refractivity (Wildman–Crippen MR) is 116 cm³/mol. The Bertz CT molecular complexity index is 1210. The number of benzene rings is 2. The van der Waals surface area contributed by atoms with Gasteiger partial charge in [-0.05, 0) is 36.4 Å². The van der Waals surface area contributed by atoms with Crippen LogP contribution >= 0.6 is 0 Å². The lowest BCUT2D eigenvalue weighted by atomic mass is 10.1. The first-order valence-corrected chi connectivity index (χ1v) is 10.1. The average molecular weight is 415 g/mol. The Labute approximate surface area is 178 Å². The van der Waals surface area contributed by atoms with Gasteiger partial charge in [0.25, 0.3) is 5.89 Å². The topological polar surface area (TPSA) is 95.6 Å². The van der Waals surface area contributed by atoms with Crippen molar-refractivity contribution in [3.8, 4) is 11.5 Å². The first-order valence-electron chi connectivity index (χ1n) is 10.1. The van der Waals surface area contributed by atoms with Gasteiger partial charge < -0.3 is 14.5 Å². The molecule has 1 aliphatic rings. The fourth-order valence-corrected chi connectivity index (χ4v) is 3.89. The molecule has 0 radical (unpaired) electrons. The molecular weight excluding hydrogens is 394 g/mol. The number of carboxylic acid groups (broad SMARTS) is 1. The highest BCUT2D eigenvalue weighted by atomic mass is 16.5. The van der Waals surface area contributed by atoms with E-state index in [4.69, 9.17) is 9.63 Å². The van der Waals surface area contributed by atoms with E-state index in [1.54, 1.807) is 12.1 Å². The zero-order chi connectivity index (χ0) is 21.2. The Balaban J connectivity index is 1.23. The molecule has 1 fully saturated rings. The summed E-state index contributed by atoms with van der Waals surface area (Å²) in [6, 6.07) is 16.7. The third-order valence-electron chi connectivity index (χ3n) is 5.55. The van der Waals surface area contributed by atoms with Crippen molar-refractivity contribution in [2.24, 2.45) is 0 Å². The van der Waals surface area contributed by atoms with Crippen LogP contribution in [0.15, 0.2) is 65.3 Å². The standard InChI is InChI=1S/C23H21N5O3/c29-23(30)17-7-5-16(6-8-17)22-25-21(26-31-22)15-27-11-13-28(14-12-27)20-9-10-24-19-4-2-1-3-18(19)20/h1-10H,11-15H2,(H,29,30). The summed E-state index contributed by atoms with van der Waals surface area (Å²) in [7, 11) is 0. The lowest BCUT2D eigenvalue weighted by molar-refractivity contribution is 0.0697. The first-order chi connectivity index (χ1) is 15.2. The number of aromatic carboxylic acids is 1. The third kappa shape index (κ3) is 3.97. The smallest absolute Gasteiger partial charge is 0.335 e. The number of aromatic nitrogens is 3. The molecule has 0 unspecified atom stereocenters. The Morgan fingerprint density at radius 1 is 1.00 bits per heavy atom. The van der Waals surface area contributed by atoms with Crippen LogP contribution in [-0.4, -0.2) is 57.3 Å². The van der Waals surface area contributed by atoms with Crippen molar-refractivity contribution in [2.75, 3.05) is 31.1 Å². The van der Waals surface area contributed by atoms with E-state index in [0.717, 1.165) is 31.7 Å². The Kier molecular flexibility index (Phi) is 5.05. The lowest BCUT2D eigenvalue weighted by Gasteiger charge is -2.36. The summed E-state index contributed by atoms with van der Waals surface area (Å²) in [6.45, 7) is 4.23. The summed E-state index contributed by atoms with van der Waals surface area (Å²) >= 11 is 0. The quantitative estimate of drug-likeness (QED) is 0.530. The van der Waals surface area contributed by atoms with Crippen molar-refractivity contribution in [3.63, 3.8) is 0 Å². The highest BCUT2D eigenvalue weighted by molar-refractivity contribution is 5.91. The van der Waals surface area contributed by atoms with E-state index in [0.29, 0.717) is 23.8 Å². The molecule has 1 aliphatic heterocycles. The number of carboxylic acids is 1. The van der Waals surface area contributed by atoms with Gasteiger partial charge in [-0.15, -0.1) is 0 Å². The summed E-state index contributed by atoms with van der Waals surface area (Å²) in [4.78, 5) is 24.6. The molecule has 1 saturated heterocycles. The van der Waals surface area contributed by atoms with Crippen molar-refractivity contribution in [1.29, 1.82) is 0 Å². The van der Waals surface area contributed by atoms with Crippen LogP contribution in [0, 0.1) is 0 Å². The van der Waals surface area contributed by atoms with Gasteiger partial charge in [0.1, 0.15) is 0 Å². The molecule has 0 atom stereocenters. The number of anilines is 1. The van der Waals surface area contributed by atoms with Gasteiger partial charge in [-0.25, -0.2) is 4.79 Å². The maximum Gasteiger partial charge on any atom is 0.335 e. The number of nitrogens with zero attached hydrogens (tertiary/aromatic N) is 5. The second-order valence-corrected chi connectivity index (χ2v) is 7.51. The number of carbonyl (C=O) groups is 1. The molecule has 8 nitrogen and oxygen atoms in total. The van der Waals surface area contributed by atoms with Gasteiger partial charge >= 0.3 is 5.97 Å². The molecule has 1 N–H and O–H groups in total. The summed E-state index contributed by atoms with van der Waals surface area (Å²) in [5, 5.41) is 14.3. The normalized spacial score (nSPS) is 14.8. The highest BCUT2D eigenvalue weighted by Crippen LogP contribution is 2.26. The fraction of sp³-hybridized carbons (Fsp3) is 0.217. The zero-order valence-electron chi connectivity index (χ0n) is 16.8. The van der Waals surface area contributed by atoms with Gasteiger partial charge in [0.15, 0.2) is 5.82 Å². The van der Waals surface area contributed by atoms with Crippen LogP contribution in [0.1, 0.15) is 16.2 Å². The second kappa shape index (κ2) is 8.16. The number of piperazine rings is 1. The SMILES string of the molecule is O=C(O)c1ccc(-c2nc(CN3CCN(c4ccnc5ccccc45)CC3)no2)cc1. The van der Waals surface area contributed by atoms with E-state index < -0.39 is 5.97 Å². The molecule has 0 aliphatic carbocycles. The van der Waals surface area contributed by atoms with Gasteiger partial charge in [-0.3, -0.25) is 9.88 Å². The molecule has 2 aromatic carbocycles. The van der Waals surface area contributed by atoms with Gasteiger partial charge in [-0.1, -0.05) is 23.4 Å². The largest absolute Gasteiger partial charge is 0.478 e. The summed E-state index contributed by atoms with van der Waals surface area (Å²) in [5.74, 6) is 0.0608. The Morgan fingerprint density at radius 3 is 2.55 bits per heavy atom. The van der Waals surface area contributed by atoms with Crippen molar-refractivity contribution in [1.82, 2.24) is 20.0 Å². The van der Waals surface area contributed by atoms with Crippen LogP contribution in [0.5, 0.6) is 0 Å². The molecule has 2 aromatic heterocycles. The third-order valence-corrected chi connectivity index (χ3v) is 5.55. The highest BCUT2D eigenvalue weighted by Gasteiger charge is 2.21. The average Bonchev–Trinajstić information content (AvgIpc) is 3.28. The molecular formula is C23H21N5O3. The first kappa shape index (κ1) is 19.2. The van der Waals surface area contributed by atoms with Gasteiger partial charge in [0, 0.05) is 49.0 Å². The van der Waals surface area contributed by atoms with Gasteiger partial charge in [0.2, 0.25) is 0 Å². The van der Waals surface area contributed by atoms with E-state index in [1.807, 2.05) is 24.4 Å². The van der Waals surface area contributed by atoms with Crippen molar-refractivity contribution in [3.05, 3.63) is 72.2 Å². The Morgan fingerprint density at radius 2 is 1.77 bits per heavy atom. The van der Waals surface area contributed by atoms with Crippen LogP contribution in [0.25, 0.3) is 22.4 Å². The van der Waals surface area contributed by atoms with Crippen LogP contribution in [0.4, 0.5) is 5.69 Å². The maximum atomic E-state index is 11.0. The van der Waals surface area contributed by atoms with E-state index in [9.17, 15) is 4.79 Å². The molecule has 8 heteroatoms. The summed E-state index contributed by atoms with van der Waals surface area (Å²) < 4.78 is 5.38. The molecule has 4 aromatic rings. The van der Waals surface area contributed by atoms with Crippen molar-refractivity contribution in [2.45, 2.75) is 6.54 Å². The molecule has 0 saturated carbocycles. The van der Waals surface area contributed by atoms with Crippen LogP contribution in [-0.2, 0) is 6.54 Å². The van der Waals surface area contributed by atoms with Gasteiger partial charge in [-0.2, -0.15) is 4.98 Å². The lowest BCUT2D eigenvalue weighted by Crippen LogP contribution is -2.46. The number of rotatable bonds is 5. The maximum absolute atomic E-state index is 11.0. The van der Waals surface area contributed by atoms with E-state index in [-0.39, 0.29) is 5.56 Å². The van der Waals surface area contributed by atoms with E-state index in [2.05, 4.69) is 37.1 Å². The fourth-order valence-electron chi connectivity index (χ4n) is 3.89. The number of pyridine rings is 1. The minimum absolute atomic E-state index is 0.225. The number of hydrogen-bond donors (Lipinski definition) is 1. The van der Waals surface area contributed by atoms with E-state index >= 15 is 0 Å². The van der Waals surface area contributed by atoms with E-state index in [1.165, 1.54) is 23.2 Å². The number of hydrogen-bond acceptors (Lipinski definition) is 7.